The molecule has 1 aromatic rings. The molecule has 4 N–H and O–H groups in total. The lowest BCUT2D eigenvalue weighted by atomic mass is 10.4. The molecule has 0 aromatic carbocycles. The van der Waals surface area contributed by atoms with Crippen LogP contribution in [0.3, 0.4) is 0 Å². The minimum atomic E-state index is 0.281. The Morgan fingerprint density at radius 1 is 1.31 bits per heavy atom. The summed E-state index contributed by atoms with van der Waals surface area (Å²) in [6.45, 7) is 3.27. The Balaban J connectivity index is 2.04. The Kier molecular flexibility index (Phi) is 3.35. The van der Waals surface area contributed by atoms with Gasteiger partial charge in [0, 0.05) is 6.54 Å². The first-order valence-electron chi connectivity index (χ1n) is 5.41. The lowest BCUT2D eigenvalue weighted by molar-refractivity contribution is 0.312. The largest absolute Gasteiger partial charge is 0.464 e. The number of nitrogen functional groups attached to an aromatic ring is 1. The fourth-order valence-corrected chi connectivity index (χ4v) is 1.25. The molecule has 0 spiro atoms. The van der Waals surface area contributed by atoms with E-state index < -0.39 is 0 Å². The molecule has 7 heteroatoms. The number of nitrogens with two attached hydrogens (primary N) is 1. The van der Waals surface area contributed by atoms with Gasteiger partial charge in [0.1, 0.15) is 0 Å². The molecule has 2 rings (SSSR count). The first kappa shape index (κ1) is 10.9. The first-order chi connectivity index (χ1) is 7.81. The van der Waals surface area contributed by atoms with Crippen molar-refractivity contribution in [3.05, 3.63) is 0 Å². The van der Waals surface area contributed by atoms with Crippen LogP contribution in [0.5, 0.6) is 6.01 Å². The van der Waals surface area contributed by atoms with E-state index in [9.17, 15) is 0 Å². The summed E-state index contributed by atoms with van der Waals surface area (Å²) in [5.74, 6) is 6.82. The molecule has 0 radical (unpaired) electrons. The third-order valence-electron chi connectivity index (χ3n) is 2.26. The maximum absolute atomic E-state index is 5.27. The zero-order valence-electron chi connectivity index (χ0n) is 9.23. The van der Waals surface area contributed by atoms with Crippen LogP contribution in [0.4, 0.5) is 11.9 Å². The van der Waals surface area contributed by atoms with Gasteiger partial charge in [-0.3, -0.25) is 5.43 Å². The first-order valence-corrected chi connectivity index (χ1v) is 5.41. The zero-order chi connectivity index (χ0) is 11.4. The Morgan fingerprint density at radius 3 is 2.69 bits per heavy atom. The predicted molar refractivity (Wildman–Crippen MR) is 60.0 cm³/mol. The highest BCUT2D eigenvalue weighted by Gasteiger charge is 2.21. The van der Waals surface area contributed by atoms with E-state index in [1.54, 1.807) is 0 Å². The maximum Gasteiger partial charge on any atom is 0.323 e. The van der Waals surface area contributed by atoms with Gasteiger partial charge in [0.15, 0.2) is 0 Å². The number of hydrogen-bond donors (Lipinski definition) is 3. The molecule has 1 fully saturated rings. The molecular weight excluding hydrogens is 208 g/mol. The number of hydrazine groups is 1. The van der Waals surface area contributed by atoms with Gasteiger partial charge in [0.25, 0.3) is 0 Å². The van der Waals surface area contributed by atoms with E-state index in [0.717, 1.165) is 12.5 Å². The smallest absolute Gasteiger partial charge is 0.323 e. The summed E-state index contributed by atoms with van der Waals surface area (Å²) in [5.41, 5.74) is 2.39. The lowest BCUT2D eigenvalue weighted by Gasteiger charge is -2.07. The highest BCUT2D eigenvalue weighted by molar-refractivity contribution is 5.35. The summed E-state index contributed by atoms with van der Waals surface area (Å²) in [6.07, 6.45) is 2.55. The Labute approximate surface area is 93.8 Å². The molecule has 1 aliphatic rings. The van der Waals surface area contributed by atoms with Crippen molar-refractivity contribution in [2.24, 2.45) is 11.8 Å². The van der Waals surface area contributed by atoms with Crippen LogP contribution in [0, 0.1) is 5.92 Å². The molecule has 16 heavy (non-hydrogen) atoms. The number of aromatic nitrogens is 3. The number of anilines is 2. The zero-order valence-corrected chi connectivity index (χ0v) is 9.23. The van der Waals surface area contributed by atoms with Crippen LogP contribution in [0.2, 0.25) is 0 Å². The summed E-state index contributed by atoms with van der Waals surface area (Å²) in [5, 5.41) is 3.14. The fraction of sp³-hybridized carbons (Fsp3) is 0.667. The van der Waals surface area contributed by atoms with Crippen molar-refractivity contribution in [2.45, 2.75) is 19.8 Å². The molecule has 1 aliphatic carbocycles. The Bertz CT molecular complexity index is 354. The second kappa shape index (κ2) is 4.93. The molecule has 0 atom stereocenters. The minimum Gasteiger partial charge on any atom is -0.464 e. The van der Waals surface area contributed by atoms with E-state index in [0.29, 0.717) is 18.5 Å². The maximum atomic E-state index is 5.27. The van der Waals surface area contributed by atoms with E-state index in [1.807, 2.05) is 6.92 Å². The molecule has 7 nitrogen and oxygen atoms in total. The van der Waals surface area contributed by atoms with Crippen molar-refractivity contribution in [1.82, 2.24) is 15.0 Å². The Morgan fingerprint density at radius 2 is 2.06 bits per heavy atom. The molecule has 1 heterocycles. The van der Waals surface area contributed by atoms with Gasteiger partial charge < -0.3 is 10.1 Å². The SMILES string of the molecule is CCOc1nc(NN)nc(NCC2CC2)n1. The van der Waals surface area contributed by atoms with Crippen molar-refractivity contribution in [2.75, 3.05) is 23.9 Å². The van der Waals surface area contributed by atoms with Crippen LogP contribution in [-0.4, -0.2) is 28.1 Å². The van der Waals surface area contributed by atoms with Crippen molar-refractivity contribution in [1.29, 1.82) is 0 Å². The molecule has 0 amide bonds. The quantitative estimate of drug-likeness (QED) is 0.474. The summed E-state index contributed by atoms with van der Waals surface area (Å²) < 4.78 is 5.21. The number of nitrogens with one attached hydrogen (secondary N) is 2. The lowest BCUT2D eigenvalue weighted by Crippen LogP contribution is -2.15. The fourth-order valence-electron chi connectivity index (χ4n) is 1.25. The van der Waals surface area contributed by atoms with Crippen LogP contribution in [0.25, 0.3) is 0 Å². The highest BCUT2D eigenvalue weighted by atomic mass is 16.5. The third kappa shape index (κ3) is 2.93. The van der Waals surface area contributed by atoms with Crippen molar-refractivity contribution >= 4 is 11.9 Å². The van der Waals surface area contributed by atoms with E-state index >= 15 is 0 Å². The molecule has 1 saturated carbocycles. The topological polar surface area (TPSA) is 98.0 Å². The average molecular weight is 224 g/mol. The normalized spacial score (nSPS) is 14.6. The second-order valence-corrected chi connectivity index (χ2v) is 3.67. The standard InChI is InChI=1S/C9H16N6O/c1-2-16-9-13-7(11-5-6-3-4-6)12-8(14-9)15-10/h6H,2-5,10H2,1H3,(H2,11,12,13,14,15). The van der Waals surface area contributed by atoms with Gasteiger partial charge in [-0.25, -0.2) is 5.84 Å². The van der Waals surface area contributed by atoms with Crippen LogP contribution in [0.15, 0.2) is 0 Å². The molecule has 88 valence electrons. The van der Waals surface area contributed by atoms with Gasteiger partial charge in [-0.1, -0.05) is 0 Å². The van der Waals surface area contributed by atoms with E-state index in [1.165, 1.54) is 12.8 Å². The Hall–Kier alpha value is -1.63. The molecule has 0 unspecified atom stereocenters. The van der Waals surface area contributed by atoms with E-state index in [-0.39, 0.29) is 6.01 Å². The molecular formula is C9H16N6O. The average Bonchev–Trinajstić information content (AvgIpc) is 3.10. The van der Waals surface area contributed by atoms with Gasteiger partial charge in [-0.05, 0) is 25.7 Å². The number of hydrogen-bond acceptors (Lipinski definition) is 7. The molecule has 1 aromatic heterocycles. The highest BCUT2D eigenvalue weighted by Crippen LogP contribution is 2.28. The molecule has 0 bridgehead atoms. The van der Waals surface area contributed by atoms with Gasteiger partial charge in [-0.2, -0.15) is 15.0 Å². The van der Waals surface area contributed by atoms with Gasteiger partial charge in [0.05, 0.1) is 6.61 Å². The number of ether oxygens (including phenoxy) is 1. The van der Waals surface area contributed by atoms with Crippen molar-refractivity contribution in [3.8, 4) is 6.01 Å². The summed E-state index contributed by atoms with van der Waals surface area (Å²) in [7, 11) is 0. The van der Waals surface area contributed by atoms with Gasteiger partial charge in [-0.15, -0.1) is 0 Å². The molecule has 0 saturated heterocycles. The van der Waals surface area contributed by atoms with Crippen LogP contribution < -0.4 is 21.3 Å². The summed E-state index contributed by atoms with van der Waals surface area (Å²) in [6, 6.07) is 0.281. The predicted octanol–water partition coefficient (Wildman–Crippen LogP) is 0.378. The van der Waals surface area contributed by atoms with Crippen LogP contribution in [-0.2, 0) is 0 Å². The number of nitrogens with zero attached hydrogens (tertiary/aromatic N) is 3. The third-order valence-corrected chi connectivity index (χ3v) is 2.26. The van der Waals surface area contributed by atoms with Gasteiger partial charge >= 0.3 is 6.01 Å². The minimum absolute atomic E-state index is 0.281. The van der Waals surface area contributed by atoms with Crippen molar-refractivity contribution in [3.63, 3.8) is 0 Å². The summed E-state index contributed by atoms with van der Waals surface area (Å²) >= 11 is 0. The van der Waals surface area contributed by atoms with E-state index in [2.05, 4.69) is 25.7 Å². The van der Waals surface area contributed by atoms with Crippen LogP contribution >= 0.6 is 0 Å². The monoisotopic (exact) mass is 224 g/mol. The summed E-state index contributed by atoms with van der Waals surface area (Å²) in [4.78, 5) is 12.2. The van der Waals surface area contributed by atoms with Gasteiger partial charge in [0.2, 0.25) is 11.9 Å². The number of rotatable bonds is 6. The van der Waals surface area contributed by atoms with Crippen molar-refractivity contribution < 1.29 is 4.74 Å². The molecule has 0 aliphatic heterocycles. The van der Waals surface area contributed by atoms with Crippen LogP contribution in [0.1, 0.15) is 19.8 Å². The second-order valence-electron chi connectivity index (χ2n) is 3.67. The van der Waals surface area contributed by atoms with E-state index in [4.69, 9.17) is 10.6 Å².